The summed E-state index contributed by atoms with van der Waals surface area (Å²) in [5.74, 6) is 2.13. The molecule has 3 heterocycles. The molecule has 2 aromatic heterocycles. The van der Waals surface area contributed by atoms with Crippen LogP contribution in [0.1, 0.15) is 55.7 Å². The fourth-order valence-corrected chi connectivity index (χ4v) is 7.89. The Morgan fingerprint density at radius 1 is 0.884 bits per heavy atom. The first kappa shape index (κ1) is 28.0. The highest BCUT2D eigenvalue weighted by molar-refractivity contribution is 7.22. The Balaban J connectivity index is 1.08. The van der Waals surface area contributed by atoms with Gasteiger partial charge in [0.25, 0.3) is 0 Å². The van der Waals surface area contributed by atoms with Gasteiger partial charge in [-0.05, 0) is 128 Å². The maximum Gasteiger partial charge on any atom is 0.119 e. The summed E-state index contributed by atoms with van der Waals surface area (Å²) in [6.07, 6.45) is 14.0. The van der Waals surface area contributed by atoms with E-state index in [1.165, 1.54) is 65.7 Å². The van der Waals surface area contributed by atoms with Crippen molar-refractivity contribution < 1.29 is 14.6 Å². The summed E-state index contributed by atoms with van der Waals surface area (Å²) >= 11 is 1.74. The van der Waals surface area contributed by atoms with E-state index in [0.717, 1.165) is 48.6 Å². The van der Waals surface area contributed by atoms with E-state index >= 15 is 0 Å². The minimum Gasteiger partial charge on any atom is -0.508 e. The number of benzene rings is 3. The Bertz CT molecular complexity index is 1620. The third kappa shape index (κ3) is 6.43. The molecule has 0 spiro atoms. The Morgan fingerprint density at radius 3 is 2.47 bits per heavy atom. The molecule has 1 saturated heterocycles. The van der Waals surface area contributed by atoms with Gasteiger partial charge in [0, 0.05) is 28.5 Å². The molecule has 1 aliphatic carbocycles. The van der Waals surface area contributed by atoms with Crippen molar-refractivity contribution in [3.63, 3.8) is 0 Å². The number of phenolic OH excluding ortho intramolecular Hbond substituents is 1. The maximum absolute atomic E-state index is 10.2. The van der Waals surface area contributed by atoms with Gasteiger partial charge in [-0.1, -0.05) is 18.6 Å². The lowest BCUT2D eigenvalue weighted by Crippen LogP contribution is -2.32. The van der Waals surface area contributed by atoms with Crippen LogP contribution in [0, 0.1) is 0 Å². The molecular weight excluding hydrogens is 554 g/mol. The Labute approximate surface area is 257 Å². The van der Waals surface area contributed by atoms with Crippen LogP contribution in [0.25, 0.3) is 20.5 Å². The number of aromatic hydroxyl groups is 1. The number of nitrogens with zero attached hydrogens (tertiary/aromatic N) is 3. The highest BCUT2D eigenvalue weighted by atomic mass is 32.1. The summed E-state index contributed by atoms with van der Waals surface area (Å²) < 4.78 is 15.9. The molecule has 7 heteroatoms. The standard InChI is InChI=1S/C36H39N3O3S/c40-28-11-16-31-32(23-26-7-12-30(13-8-26)42-34-6-2-1-5-33(34)39-20-17-37-25-39)36(43-35(31)24-28)27-9-14-29(15-10-27)41-22-21-38-18-3-4-19-38/h7-17,20,24-25,33-34,40H,1-6,18-19,21-23H2/t33-,34-/m1/s1. The summed E-state index contributed by atoms with van der Waals surface area (Å²) in [5.41, 5.74) is 3.69. The van der Waals surface area contributed by atoms with Crippen LogP contribution in [0.15, 0.2) is 85.5 Å². The second-order valence-electron chi connectivity index (χ2n) is 11.9. The number of hydrogen-bond donors (Lipinski definition) is 1. The first-order valence-electron chi connectivity index (χ1n) is 15.6. The second-order valence-corrected chi connectivity index (χ2v) is 12.9. The molecule has 2 atom stereocenters. The van der Waals surface area contributed by atoms with E-state index in [9.17, 15) is 5.11 Å². The largest absolute Gasteiger partial charge is 0.508 e. The zero-order chi connectivity index (χ0) is 29.0. The maximum atomic E-state index is 10.2. The van der Waals surface area contributed by atoms with E-state index in [1.54, 1.807) is 17.4 Å². The molecule has 1 aliphatic heterocycles. The molecule has 6 nitrogen and oxygen atoms in total. The summed E-state index contributed by atoms with van der Waals surface area (Å²) in [5, 5.41) is 11.4. The highest BCUT2D eigenvalue weighted by Crippen LogP contribution is 2.42. The molecule has 0 unspecified atom stereocenters. The minimum atomic E-state index is 0.154. The van der Waals surface area contributed by atoms with Crippen molar-refractivity contribution in [3.8, 4) is 27.7 Å². The summed E-state index contributed by atoms with van der Waals surface area (Å²) in [7, 11) is 0. The lowest BCUT2D eigenvalue weighted by Gasteiger charge is -2.32. The van der Waals surface area contributed by atoms with Crippen LogP contribution in [-0.2, 0) is 6.42 Å². The molecule has 0 bridgehead atoms. The number of imidazole rings is 1. The highest BCUT2D eigenvalue weighted by Gasteiger charge is 2.28. The normalized spacial score (nSPS) is 19.2. The van der Waals surface area contributed by atoms with Gasteiger partial charge in [-0.2, -0.15) is 0 Å². The predicted octanol–water partition coefficient (Wildman–Crippen LogP) is 8.10. The van der Waals surface area contributed by atoms with Gasteiger partial charge in [0.15, 0.2) is 0 Å². The number of hydrogen-bond acceptors (Lipinski definition) is 6. The zero-order valence-corrected chi connectivity index (χ0v) is 25.3. The molecule has 0 amide bonds. The van der Waals surface area contributed by atoms with Gasteiger partial charge in [-0.3, -0.25) is 4.90 Å². The lowest BCUT2D eigenvalue weighted by molar-refractivity contribution is 0.0977. The number of fused-ring (bicyclic) bond motifs is 1. The van der Waals surface area contributed by atoms with Gasteiger partial charge >= 0.3 is 0 Å². The fourth-order valence-electron chi connectivity index (χ4n) is 6.63. The van der Waals surface area contributed by atoms with Crippen LogP contribution < -0.4 is 9.47 Å². The quantitative estimate of drug-likeness (QED) is 0.177. The van der Waals surface area contributed by atoms with Crippen molar-refractivity contribution in [3.05, 3.63) is 96.6 Å². The van der Waals surface area contributed by atoms with Crippen LogP contribution in [0.3, 0.4) is 0 Å². The molecule has 5 aromatic rings. The predicted molar refractivity (Wildman–Crippen MR) is 173 cm³/mol. The molecule has 7 rings (SSSR count). The van der Waals surface area contributed by atoms with Crippen LogP contribution >= 0.6 is 11.3 Å². The second kappa shape index (κ2) is 12.8. The van der Waals surface area contributed by atoms with Gasteiger partial charge < -0.3 is 19.1 Å². The number of ether oxygens (including phenoxy) is 2. The van der Waals surface area contributed by atoms with E-state index in [-0.39, 0.29) is 6.10 Å². The van der Waals surface area contributed by atoms with E-state index < -0.39 is 0 Å². The van der Waals surface area contributed by atoms with Crippen molar-refractivity contribution in [1.82, 2.24) is 14.5 Å². The first-order valence-corrected chi connectivity index (χ1v) is 16.4. The van der Waals surface area contributed by atoms with Crippen molar-refractivity contribution >= 4 is 21.4 Å². The first-order chi connectivity index (χ1) is 21.2. The van der Waals surface area contributed by atoms with Gasteiger partial charge in [0.1, 0.15) is 30.0 Å². The molecule has 1 N–H and O–H groups in total. The third-order valence-corrected chi connectivity index (χ3v) is 10.2. The van der Waals surface area contributed by atoms with E-state index in [0.29, 0.717) is 11.8 Å². The van der Waals surface area contributed by atoms with Gasteiger partial charge in [0.05, 0.1) is 12.4 Å². The van der Waals surface area contributed by atoms with Crippen LogP contribution in [0.5, 0.6) is 17.2 Å². The Morgan fingerprint density at radius 2 is 1.67 bits per heavy atom. The monoisotopic (exact) mass is 593 g/mol. The molecule has 222 valence electrons. The van der Waals surface area contributed by atoms with Gasteiger partial charge in [0.2, 0.25) is 0 Å². The molecule has 2 fully saturated rings. The van der Waals surface area contributed by atoms with Crippen molar-refractivity contribution in [2.75, 3.05) is 26.2 Å². The molecule has 1 saturated carbocycles. The summed E-state index contributed by atoms with van der Waals surface area (Å²) in [6, 6.07) is 23.1. The number of thiophene rings is 1. The topological polar surface area (TPSA) is 59.8 Å². The SMILES string of the molecule is Oc1ccc2c(Cc3ccc(O[C@@H]4CCCC[C@H]4n4ccnc4)cc3)c(-c3ccc(OCCN4CCCC4)cc3)sc2c1. The van der Waals surface area contributed by atoms with Crippen molar-refractivity contribution in [1.29, 1.82) is 0 Å². The smallest absolute Gasteiger partial charge is 0.119 e. The van der Waals surface area contributed by atoms with Crippen molar-refractivity contribution in [2.24, 2.45) is 0 Å². The van der Waals surface area contributed by atoms with Gasteiger partial charge in [-0.15, -0.1) is 11.3 Å². The van der Waals surface area contributed by atoms with Crippen LogP contribution in [0.4, 0.5) is 0 Å². The van der Waals surface area contributed by atoms with Crippen LogP contribution in [0.2, 0.25) is 0 Å². The molecule has 2 aliphatic rings. The summed E-state index contributed by atoms with van der Waals surface area (Å²) in [4.78, 5) is 7.96. The molecule has 43 heavy (non-hydrogen) atoms. The van der Waals surface area contributed by atoms with Crippen LogP contribution in [-0.4, -0.2) is 51.9 Å². The molecule has 3 aromatic carbocycles. The summed E-state index contributed by atoms with van der Waals surface area (Å²) in [6.45, 7) is 4.09. The van der Waals surface area contributed by atoms with Crippen molar-refractivity contribution in [2.45, 2.75) is 57.1 Å². The third-order valence-electron chi connectivity index (χ3n) is 8.94. The van der Waals surface area contributed by atoms with Gasteiger partial charge in [-0.25, -0.2) is 4.98 Å². The number of rotatable bonds is 10. The number of phenols is 1. The fraction of sp³-hybridized carbons (Fsp3) is 0.361. The zero-order valence-electron chi connectivity index (χ0n) is 24.5. The minimum absolute atomic E-state index is 0.154. The number of aromatic nitrogens is 2. The Kier molecular flexibility index (Phi) is 8.34. The van der Waals surface area contributed by atoms with E-state index in [4.69, 9.17) is 9.47 Å². The Hall–Kier alpha value is -3.81. The van der Waals surface area contributed by atoms with E-state index in [1.807, 2.05) is 30.9 Å². The molecule has 0 radical (unpaired) electrons. The average molecular weight is 594 g/mol. The van der Waals surface area contributed by atoms with E-state index in [2.05, 4.69) is 63.0 Å². The average Bonchev–Trinajstić information content (AvgIpc) is 3.82. The molecular formula is C36H39N3O3S. The lowest BCUT2D eigenvalue weighted by atomic mass is 9.92. The number of likely N-dealkylation sites (tertiary alicyclic amines) is 1.